The van der Waals surface area contributed by atoms with Gasteiger partial charge in [0.05, 0.1) is 29.8 Å². The number of ether oxygens (including phenoxy) is 2. The number of hydrogen-bond acceptors (Lipinski definition) is 9. The normalized spacial score (nSPS) is 18.4. The van der Waals surface area contributed by atoms with Crippen molar-refractivity contribution >= 4 is 30.8 Å². The van der Waals surface area contributed by atoms with Crippen LogP contribution in [-0.2, 0) is 25.8 Å². The van der Waals surface area contributed by atoms with E-state index in [1.807, 2.05) is 27.7 Å². The minimum atomic E-state index is -1.18. The molecule has 2 atom stereocenters. The number of amides is 1. The van der Waals surface area contributed by atoms with Crippen LogP contribution < -0.4 is 10.8 Å². The summed E-state index contributed by atoms with van der Waals surface area (Å²) < 4.78 is 15.4. The number of carbonyl (C=O) groups excluding carboxylic acids is 1. The van der Waals surface area contributed by atoms with Crippen molar-refractivity contribution in [3.63, 3.8) is 0 Å². The van der Waals surface area contributed by atoms with Gasteiger partial charge in [-0.15, -0.1) is 0 Å². The zero-order valence-corrected chi connectivity index (χ0v) is 27.7. The van der Waals surface area contributed by atoms with Gasteiger partial charge in [0.2, 0.25) is 0 Å². The van der Waals surface area contributed by atoms with Crippen LogP contribution in [0.1, 0.15) is 57.4 Å². The Labute approximate surface area is 266 Å². The van der Waals surface area contributed by atoms with Crippen LogP contribution in [-0.4, -0.2) is 64.3 Å². The van der Waals surface area contributed by atoms with E-state index in [2.05, 4.69) is 41.5 Å². The second-order valence-electron chi connectivity index (χ2n) is 13.1. The summed E-state index contributed by atoms with van der Waals surface area (Å²) in [6.45, 7) is 9.16. The van der Waals surface area contributed by atoms with Gasteiger partial charge < -0.3 is 19.4 Å². The molecule has 0 aromatic carbocycles. The maximum atomic E-state index is 12.3. The smallest absolute Gasteiger partial charge is 0.267 e. The van der Waals surface area contributed by atoms with Crippen LogP contribution in [0.5, 0.6) is 0 Å². The van der Waals surface area contributed by atoms with E-state index in [1.165, 1.54) is 18.9 Å². The van der Waals surface area contributed by atoms with Crippen LogP contribution in [0, 0.1) is 17.2 Å². The van der Waals surface area contributed by atoms with Crippen molar-refractivity contribution in [3.05, 3.63) is 36.9 Å². The van der Waals surface area contributed by atoms with Crippen LogP contribution in [0.4, 0.5) is 5.82 Å². The molecule has 13 heteroatoms. The fraction of sp³-hybridized carbons (Fsp3) is 0.594. The van der Waals surface area contributed by atoms with Crippen molar-refractivity contribution in [2.24, 2.45) is 5.92 Å². The van der Waals surface area contributed by atoms with Crippen LogP contribution >= 0.6 is 0 Å². The zero-order chi connectivity index (χ0) is 31.6. The maximum Gasteiger partial charge on any atom is 0.267 e. The molecule has 5 rings (SSSR count). The highest BCUT2D eigenvalue weighted by molar-refractivity contribution is 6.76. The summed E-state index contributed by atoms with van der Waals surface area (Å²) in [5.74, 6) is 0.673. The molecule has 1 saturated heterocycles. The molecule has 1 amide bonds. The molecule has 242 valence electrons. The topological polar surface area (TPSA) is 141 Å². The first-order valence-electron chi connectivity index (χ1n) is 16.1. The summed E-state index contributed by atoms with van der Waals surface area (Å²) in [5.41, 5.74) is 4.80. The molecular weight excluding hydrogens is 588 g/mol. The average Bonchev–Trinajstić information content (AvgIpc) is 3.80. The van der Waals surface area contributed by atoms with E-state index in [9.17, 15) is 10.1 Å². The van der Waals surface area contributed by atoms with E-state index in [1.54, 1.807) is 12.4 Å². The zero-order valence-electron chi connectivity index (χ0n) is 26.7. The molecule has 0 bridgehead atoms. The summed E-state index contributed by atoms with van der Waals surface area (Å²) in [5, 5.41) is 18.9. The lowest BCUT2D eigenvalue weighted by atomic mass is 9.96. The highest BCUT2D eigenvalue weighted by atomic mass is 28.3. The van der Waals surface area contributed by atoms with E-state index >= 15 is 0 Å². The number of nitrogens with one attached hydrogen (secondary N) is 2. The van der Waals surface area contributed by atoms with Gasteiger partial charge in [-0.2, -0.15) is 10.4 Å². The SMILES string of the molecule is C[Si](C)(C)CCOCn1ccc2c(-c3cn(C(CC#N)C4CCCC4)nc3NC/C=C/C(=O)NOC3CCCCO3)ncnc21. The average molecular weight is 635 g/mol. The molecule has 1 aliphatic carbocycles. The summed E-state index contributed by atoms with van der Waals surface area (Å²) in [6.07, 6.45) is 16.0. The molecule has 2 aliphatic rings. The summed E-state index contributed by atoms with van der Waals surface area (Å²) in [4.78, 5) is 26.9. The molecule has 4 heterocycles. The van der Waals surface area contributed by atoms with Gasteiger partial charge >= 0.3 is 0 Å². The first kappa shape index (κ1) is 32.8. The Morgan fingerprint density at radius 3 is 2.80 bits per heavy atom. The molecule has 45 heavy (non-hydrogen) atoms. The van der Waals surface area contributed by atoms with E-state index in [4.69, 9.17) is 24.4 Å². The van der Waals surface area contributed by atoms with Crippen LogP contribution in [0.25, 0.3) is 22.3 Å². The van der Waals surface area contributed by atoms with Crippen molar-refractivity contribution in [3.8, 4) is 17.3 Å². The highest BCUT2D eigenvalue weighted by Gasteiger charge is 2.29. The summed E-state index contributed by atoms with van der Waals surface area (Å²) in [7, 11) is -1.18. The molecule has 3 aromatic rings. The molecule has 2 fully saturated rings. The quantitative estimate of drug-likeness (QED) is 0.0919. The number of rotatable bonds is 15. The fourth-order valence-corrected chi connectivity index (χ4v) is 6.68. The Kier molecular flexibility index (Phi) is 11.4. The van der Waals surface area contributed by atoms with Gasteiger partial charge in [-0.05, 0) is 43.7 Å². The number of carbonyl (C=O) groups is 1. The standard InChI is InChI=1S/C32H46N8O4Si/c1-45(2,3)20-19-42-23-39-17-14-25-30(35-22-36-32(25)39)26-21-40(27(13-15-33)24-9-4-5-10-24)37-31(26)34-16-8-11-28(41)38-44-29-12-6-7-18-43-29/h8,11,14,17,21-22,24,27,29H,4-7,9-10,12-13,16,18-20,23H2,1-3H3,(H,34,37)(H,38,41)/b11-8+. The second kappa shape index (κ2) is 15.6. The minimum absolute atomic E-state index is 0.0195. The highest BCUT2D eigenvalue weighted by Crippen LogP contribution is 2.38. The van der Waals surface area contributed by atoms with Gasteiger partial charge in [-0.1, -0.05) is 38.6 Å². The number of fused-ring (bicyclic) bond motifs is 1. The largest absolute Gasteiger partial charge is 0.365 e. The summed E-state index contributed by atoms with van der Waals surface area (Å²) >= 11 is 0. The molecular formula is C32H46N8O4Si. The van der Waals surface area contributed by atoms with Crippen LogP contribution in [0.2, 0.25) is 25.7 Å². The predicted octanol–water partition coefficient (Wildman–Crippen LogP) is 5.79. The number of aromatic nitrogens is 5. The van der Waals surface area contributed by atoms with Gasteiger partial charge in [0, 0.05) is 58.1 Å². The number of anilines is 1. The van der Waals surface area contributed by atoms with Crippen molar-refractivity contribution in [1.29, 1.82) is 5.26 Å². The first-order chi connectivity index (χ1) is 21.8. The van der Waals surface area contributed by atoms with Gasteiger partial charge in [0.15, 0.2) is 12.1 Å². The van der Waals surface area contributed by atoms with Crippen molar-refractivity contribution in [2.45, 2.75) is 96.1 Å². The molecule has 1 saturated carbocycles. The second-order valence-corrected chi connectivity index (χ2v) is 18.7. The van der Waals surface area contributed by atoms with Crippen LogP contribution in [0.3, 0.4) is 0 Å². The third-order valence-corrected chi connectivity index (χ3v) is 10.1. The van der Waals surface area contributed by atoms with Gasteiger partial charge in [-0.3, -0.25) is 9.48 Å². The molecule has 2 unspecified atom stereocenters. The number of nitrogens with zero attached hydrogens (tertiary/aromatic N) is 6. The monoisotopic (exact) mass is 634 g/mol. The Hall–Kier alpha value is -3.57. The maximum absolute atomic E-state index is 12.3. The van der Waals surface area contributed by atoms with Gasteiger partial charge in [0.1, 0.15) is 18.7 Å². The molecule has 2 N–H and O–H groups in total. The fourth-order valence-electron chi connectivity index (χ4n) is 5.92. The third kappa shape index (κ3) is 9.00. The Morgan fingerprint density at radius 1 is 1.22 bits per heavy atom. The Balaban J connectivity index is 1.34. The molecule has 1 aliphatic heterocycles. The number of nitriles is 1. The van der Waals surface area contributed by atoms with E-state index in [-0.39, 0.29) is 11.9 Å². The molecule has 12 nitrogen and oxygen atoms in total. The number of hydroxylamine groups is 1. The van der Waals surface area contributed by atoms with Crippen LogP contribution in [0.15, 0.2) is 36.9 Å². The molecule has 3 aromatic heterocycles. The van der Waals surface area contributed by atoms with Crippen molar-refractivity contribution < 1.29 is 19.1 Å². The lowest BCUT2D eigenvalue weighted by molar-refractivity contribution is -0.198. The molecule has 0 radical (unpaired) electrons. The molecule has 0 spiro atoms. The predicted molar refractivity (Wildman–Crippen MR) is 175 cm³/mol. The van der Waals surface area contributed by atoms with Crippen molar-refractivity contribution in [1.82, 2.24) is 29.8 Å². The minimum Gasteiger partial charge on any atom is -0.365 e. The first-order valence-corrected chi connectivity index (χ1v) is 19.8. The van der Waals surface area contributed by atoms with E-state index in [0.717, 1.165) is 67.0 Å². The Bertz CT molecular complexity index is 1480. The van der Waals surface area contributed by atoms with Gasteiger partial charge in [-0.25, -0.2) is 20.3 Å². The Morgan fingerprint density at radius 2 is 2.04 bits per heavy atom. The lowest BCUT2D eigenvalue weighted by Gasteiger charge is -2.21. The van der Waals surface area contributed by atoms with E-state index in [0.29, 0.717) is 38.0 Å². The van der Waals surface area contributed by atoms with Crippen molar-refractivity contribution in [2.75, 3.05) is 25.1 Å². The summed E-state index contributed by atoms with van der Waals surface area (Å²) in [6, 6.07) is 5.47. The lowest BCUT2D eigenvalue weighted by Crippen LogP contribution is -2.32. The van der Waals surface area contributed by atoms with E-state index < -0.39 is 14.4 Å². The third-order valence-electron chi connectivity index (χ3n) is 8.44. The number of hydrogen-bond donors (Lipinski definition) is 2. The van der Waals surface area contributed by atoms with Gasteiger partial charge in [0.25, 0.3) is 5.91 Å².